The van der Waals surface area contributed by atoms with Crippen molar-refractivity contribution in [2.45, 2.75) is 19.4 Å². The largest absolute Gasteiger partial charge is 0.389 e. The summed E-state index contributed by atoms with van der Waals surface area (Å²) in [4.78, 5) is 7.28. The molecule has 2 aromatic carbocycles. The Balaban J connectivity index is 2.28. The number of H-pyrrole nitrogens is 1. The Morgan fingerprint density at radius 1 is 1.26 bits per heavy atom. The number of nitrogens with zero attached hydrogens (tertiary/aromatic N) is 3. The highest BCUT2D eigenvalue weighted by molar-refractivity contribution is 5.83. The van der Waals surface area contributed by atoms with Crippen LogP contribution in [0.3, 0.4) is 0 Å². The number of fused-ring (bicyclic) bond motifs is 1. The summed E-state index contributed by atoms with van der Waals surface area (Å²) in [6.07, 6.45) is 1.05. The molecule has 0 spiro atoms. The maximum absolute atomic E-state index is 10.1. The number of aliphatic hydroxyl groups excluding tert-OH is 1. The molecule has 0 aliphatic rings. The predicted octanol–water partition coefficient (Wildman–Crippen LogP) is 3.22. The number of benzene rings is 2. The summed E-state index contributed by atoms with van der Waals surface area (Å²) in [7, 11) is 0. The van der Waals surface area contributed by atoms with Gasteiger partial charge in [-0.3, -0.25) is 0 Å². The van der Waals surface area contributed by atoms with E-state index in [9.17, 15) is 10.4 Å². The fourth-order valence-electron chi connectivity index (χ4n) is 2.79. The van der Waals surface area contributed by atoms with Gasteiger partial charge in [0.15, 0.2) is 0 Å². The quantitative estimate of drug-likeness (QED) is 0.776. The van der Waals surface area contributed by atoms with Crippen molar-refractivity contribution in [1.29, 1.82) is 10.5 Å². The number of hydrogen-bond donors (Lipinski definition) is 2. The van der Waals surface area contributed by atoms with Crippen molar-refractivity contribution >= 4 is 11.0 Å². The number of hydrogen-bond acceptors (Lipinski definition) is 4. The summed E-state index contributed by atoms with van der Waals surface area (Å²) in [6.45, 7) is 1.64. The Hall–Kier alpha value is -3.15. The lowest BCUT2D eigenvalue weighted by atomic mass is 9.90. The molecule has 0 saturated carbocycles. The molecule has 1 heterocycles. The highest BCUT2D eigenvalue weighted by Crippen LogP contribution is 2.33. The van der Waals surface area contributed by atoms with E-state index in [0.29, 0.717) is 11.1 Å². The van der Waals surface area contributed by atoms with Crippen molar-refractivity contribution < 1.29 is 5.11 Å². The zero-order chi connectivity index (χ0) is 16.4. The van der Waals surface area contributed by atoms with Crippen LogP contribution in [-0.2, 0) is 6.42 Å². The molecule has 3 rings (SSSR count). The van der Waals surface area contributed by atoms with Gasteiger partial charge >= 0.3 is 0 Å². The molecule has 5 heteroatoms. The highest BCUT2D eigenvalue weighted by Gasteiger charge is 2.17. The van der Waals surface area contributed by atoms with Crippen molar-refractivity contribution in [3.63, 3.8) is 0 Å². The van der Waals surface area contributed by atoms with Gasteiger partial charge in [-0.05, 0) is 47.9 Å². The van der Waals surface area contributed by atoms with E-state index in [1.807, 2.05) is 24.3 Å². The van der Waals surface area contributed by atoms with E-state index in [1.54, 1.807) is 19.3 Å². The van der Waals surface area contributed by atoms with E-state index in [2.05, 4.69) is 22.1 Å². The van der Waals surface area contributed by atoms with Gasteiger partial charge in [0.2, 0.25) is 0 Å². The molecule has 0 aliphatic carbocycles. The van der Waals surface area contributed by atoms with Crippen LogP contribution in [0.15, 0.2) is 36.7 Å². The number of imidazole rings is 1. The normalized spacial score (nSPS) is 11.8. The van der Waals surface area contributed by atoms with Gasteiger partial charge in [-0.2, -0.15) is 10.5 Å². The predicted molar refractivity (Wildman–Crippen MR) is 86.2 cm³/mol. The molecule has 0 bridgehead atoms. The van der Waals surface area contributed by atoms with Crippen LogP contribution in [0.1, 0.15) is 29.7 Å². The molecule has 1 atom stereocenters. The van der Waals surface area contributed by atoms with Crippen LogP contribution in [-0.4, -0.2) is 15.1 Å². The third-order valence-electron chi connectivity index (χ3n) is 3.79. The van der Waals surface area contributed by atoms with Crippen molar-refractivity contribution in [2.75, 3.05) is 0 Å². The van der Waals surface area contributed by atoms with E-state index in [1.165, 1.54) is 0 Å². The fourth-order valence-corrected chi connectivity index (χ4v) is 2.79. The van der Waals surface area contributed by atoms with Gasteiger partial charge in [0, 0.05) is 5.56 Å². The second-order valence-corrected chi connectivity index (χ2v) is 5.36. The first kappa shape index (κ1) is 14.8. The van der Waals surface area contributed by atoms with Crippen LogP contribution < -0.4 is 0 Å². The number of aromatic nitrogens is 2. The Morgan fingerprint density at radius 2 is 2.09 bits per heavy atom. The minimum Gasteiger partial charge on any atom is -0.389 e. The lowest BCUT2D eigenvalue weighted by Crippen LogP contribution is -2.01. The first-order valence-electron chi connectivity index (χ1n) is 7.19. The van der Waals surface area contributed by atoms with Crippen LogP contribution in [0.25, 0.3) is 22.2 Å². The van der Waals surface area contributed by atoms with Crippen LogP contribution >= 0.6 is 0 Å². The number of aromatic amines is 1. The first-order chi connectivity index (χ1) is 11.1. The summed E-state index contributed by atoms with van der Waals surface area (Å²) in [5, 5.41) is 28.5. The molecule has 0 radical (unpaired) electrons. The summed E-state index contributed by atoms with van der Waals surface area (Å²) in [5.74, 6) is 0. The fraction of sp³-hybridized carbons (Fsp3) is 0.167. The zero-order valence-electron chi connectivity index (χ0n) is 12.5. The Labute approximate surface area is 133 Å². The van der Waals surface area contributed by atoms with E-state index < -0.39 is 6.10 Å². The SMILES string of the molecule is CC(O)c1c(C#N)cc(CC#N)cc1-c1ccc2[nH]cnc2c1. The van der Waals surface area contributed by atoms with Crippen LogP contribution in [0, 0.1) is 22.7 Å². The maximum atomic E-state index is 10.1. The van der Waals surface area contributed by atoms with Crippen LogP contribution in [0.5, 0.6) is 0 Å². The lowest BCUT2D eigenvalue weighted by molar-refractivity contribution is 0.199. The van der Waals surface area contributed by atoms with Crippen molar-refractivity contribution in [3.05, 3.63) is 53.3 Å². The Bertz CT molecular complexity index is 957. The number of aliphatic hydroxyl groups is 1. The number of nitriles is 2. The molecule has 23 heavy (non-hydrogen) atoms. The topological polar surface area (TPSA) is 96.5 Å². The minimum absolute atomic E-state index is 0.215. The monoisotopic (exact) mass is 302 g/mol. The minimum atomic E-state index is -0.786. The standard InChI is InChI=1S/C18H14N4O/c1-11(23)18-14(9-20)6-12(4-5-19)7-15(18)13-2-3-16-17(8-13)22-10-21-16/h2-3,6-8,10-11,23H,4H2,1H3,(H,21,22). The molecular formula is C18H14N4O. The first-order valence-corrected chi connectivity index (χ1v) is 7.19. The number of nitrogens with one attached hydrogen (secondary N) is 1. The Kier molecular flexibility index (Phi) is 3.80. The van der Waals surface area contributed by atoms with Crippen LogP contribution in [0.4, 0.5) is 0 Å². The molecule has 1 aromatic heterocycles. The molecule has 0 aliphatic heterocycles. The van der Waals surface area contributed by atoms with Gasteiger partial charge < -0.3 is 10.1 Å². The summed E-state index contributed by atoms with van der Waals surface area (Å²) >= 11 is 0. The van der Waals surface area contributed by atoms with Gasteiger partial charge in [0.25, 0.3) is 0 Å². The van der Waals surface area contributed by atoms with E-state index in [4.69, 9.17) is 5.26 Å². The average Bonchev–Trinajstić information content (AvgIpc) is 3.01. The smallest absolute Gasteiger partial charge is 0.0995 e. The zero-order valence-corrected chi connectivity index (χ0v) is 12.5. The molecule has 0 amide bonds. The van der Waals surface area contributed by atoms with Gasteiger partial charge in [0.1, 0.15) is 0 Å². The van der Waals surface area contributed by atoms with Crippen molar-refractivity contribution in [2.24, 2.45) is 0 Å². The molecular weight excluding hydrogens is 288 g/mol. The summed E-state index contributed by atoms with van der Waals surface area (Å²) in [5.41, 5.74) is 5.06. The molecule has 5 nitrogen and oxygen atoms in total. The third kappa shape index (κ3) is 2.66. The summed E-state index contributed by atoms with van der Waals surface area (Å²) < 4.78 is 0. The second-order valence-electron chi connectivity index (χ2n) is 5.36. The van der Waals surface area contributed by atoms with E-state index in [-0.39, 0.29) is 6.42 Å². The molecule has 112 valence electrons. The molecule has 0 fully saturated rings. The van der Waals surface area contributed by atoms with E-state index >= 15 is 0 Å². The third-order valence-corrected chi connectivity index (χ3v) is 3.79. The maximum Gasteiger partial charge on any atom is 0.0995 e. The molecule has 0 saturated heterocycles. The number of rotatable bonds is 3. The average molecular weight is 302 g/mol. The van der Waals surface area contributed by atoms with Crippen LogP contribution in [0.2, 0.25) is 0 Å². The molecule has 1 unspecified atom stereocenters. The van der Waals surface area contributed by atoms with Crippen molar-refractivity contribution in [1.82, 2.24) is 9.97 Å². The van der Waals surface area contributed by atoms with Gasteiger partial charge in [0.05, 0.1) is 47.6 Å². The highest BCUT2D eigenvalue weighted by atomic mass is 16.3. The molecule has 3 aromatic rings. The Morgan fingerprint density at radius 3 is 2.78 bits per heavy atom. The van der Waals surface area contributed by atoms with E-state index in [0.717, 1.165) is 27.7 Å². The van der Waals surface area contributed by atoms with Gasteiger partial charge in [-0.25, -0.2) is 4.98 Å². The second kappa shape index (κ2) is 5.92. The van der Waals surface area contributed by atoms with Crippen molar-refractivity contribution in [3.8, 4) is 23.3 Å². The van der Waals surface area contributed by atoms with Gasteiger partial charge in [-0.1, -0.05) is 6.07 Å². The molecule has 2 N–H and O–H groups in total. The summed E-state index contributed by atoms with van der Waals surface area (Å²) in [6, 6.07) is 13.5. The lowest BCUT2D eigenvalue weighted by Gasteiger charge is -2.16. The van der Waals surface area contributed by atoms with Gasteiger partial charge in [-0.15, -0.1) is 0 Å².